The number of carbonyl (C=O) groups is 1. The van der Waals surface area contributed by atoms with Gasteiger partial charge in [0.1, 0.15) is 6.61 Å². The molecule has 0 aliphatic carbocycles. The number of hydrogen-bond acceptors (Lipinski definition) is 3. The highest BCUT2D eigenvalue weighted by atomic mass is 19.4. The molecule has 0 bridgehead atoms. The molecule has 2 aromatic rings. The molecule has 0 amide bonds. The van der Waals surface area contributed by atoms with Gasteiger partial charge in [-0.3, -0.25) is 0 Å². The van der Waals surface area contributed by atoms with Crippen molar-refractivity contribution in [2.75, 3.05) is 6.61 Å². The van der Waals surface area contributed by atoms with Crippen LogP contribution >= 0.6 is 0 Å². The average Bonchev–Trinajstić information content (AvgIpc) is 2.54. The van der Waals surface area contributed by atoms with Crippen molar-refractivity contribution in [2.24, 2.45) is 0 Å². The first-order chi connectivity index (χ1) is 11.8. The number of nitrogens with one attached hydrogen (secondary N) is 1. The van der Waals surface area contributed by atoms with Gasteiger partial charge in [0.15, 0.2) is 0 Å². The van der Waals surface area contributed by atoms with E-state index in [1.807, 2.05) is 6.07 Å². The highest BCUT2D eigenvalue weighted by Gasteiger charge is 2.27. The summed E-state index contributed by atoms with van der Waals surface area (Å²) < 4.78 is 40.9. The van der Waals surface area contributed by atoms with Crippen LogP contribution in [0, 0.1) is 0 Å². The normalized spacial score (nSPS) is 11.5. The van der Waals surface area contributed by atoms with Crippen molar-refractivity contribution in [3.8, 4) is 0 Å². The first kappa shape index (κ1) is 19.0. The molecule has 4 nitrogen and oxygen atoms in total. The summed E-state index contributed by atoms with van der Waals surface area (Å²) in [5.74, 6) is -0.968. The van der Waals surface area contributed by atoms with E-state index >= 15 is 0 Å². The molecule has 134 valence electrons. The zero-order valence-corrected chi connectivity index (χ0v) is 13.3. The lowest BCUT2D eigenvalue weighted by Gasteiger charge is -2.09. The lowest BCUT2D eigenvalue weighted by atomic mass is 10.1. The van der Waals surface area contributed by atoms with Crippen LogP contribution in [0.3, 0.4) is 0 Å². The SMILES string of the molecule is O=C(O)c1ccc(CNCc2cccc(COCC(F)(F)F)c2)cc1. The van der Waals surface area contributed by atoms with Gasteiger partial charge in [-0.15, -0.1) is 0 Å². The van der Waals surface area contributed by atoms with E-state index < -0.39 is 18.8 Å². The summed E-state index contributed by atoms with van der Waals surface area (Å²) in [5, 5.41) is 12.1. The molecular formula is C18H18F3NO3. The maximum Gasteiger partial charge on any atom is 0.411 e. The molecule has 0 unspecified atom stereocenters. The minimum absolute atomic E-state index is 0.0933. The third-order valence-corrected chi connectivity index (χ3v) is 3.38. The first-order valence-corrected chi connectivity index (χ1v) is 7.59. The third-order valence-electron chi connectivity index (χ3n) is 3.38. The lowest BCUT2D eigenvalue weighted by molar-refractivity contribution is -0.176. The molecule has 0 saturated heterocycles. The van der Waals surface area contributed by atoms with Crippen molar-refractivity contribution in [2.45, 2.75) is 25.9 Å². The molecule has 2 aromatic carbocycles. The smallest absolute Gasteiger partial charge is 0.411 e. The first-order valence-electron chi connectivity index (χ1n) is 7.59. The van der Waals surface area contributed by atoms with Crippen LogP contribution in [0.15, 0.2) is 48.5 Å². The Labute approximate surface area is 143 Å². The zero-order valence-electron chi connectivity index (χ0n) is 13.3. The van der Waals surface area contributed by atoms with Crippen molar-refractivity contribution in [3.05, 3.63) is 70.8 Å². The fourth-order valence-electron chi connectivity index (χ4n) is 2.23. The van der Waals surface area contributed by atoms with Crippen LogP contribution in [0.25, 0.3) is 0 Å². The Kier molecular flexibility index (Phi) is 6.55. The van der Waals surface area contributed by atoms with Crippen LogP contribution in [-0.2, 0) is 24.4 Å². The van der Waals surface area contributed by atoms with Crippen molar-refractivity contribution in [1.82, 2.24) is 5.32 Å². The average molecular weight is 353 g/mol. The summed E-state index contributed by atoms with van der Waals surface area (Å²) in [4.78, 5) is 10.8. The maximum absolute atomic E-state index is 12.1. The molecule has 0 fully saturated rings. The van der Waals surface area contributed by atoms with Crippen molar-refractivity contribution >= 4 is 5.97 Å². The second-order valence-corrected chi connectivity index (χ2v) is 5.53. The number of halogens is 3. The number of ether oxygens (including phenoxy) is 1. The molecule has 0 atom stereocenters. The molecule has 0 aliphatic heterocycles. The molecule has 7 heteroatoms. The van der Waals surface area contributed by atoms with E-state index in [1.54, 1.807) is 30.3 Å². The Morgan fingerprint density at radius 3 is 2.28 bits per heavy atom. The molecular weight excluding hydrogens is 335 g/mol. The van der Waals surface area contributed by atoms with Crippen molar-refractivity contribution < 1.29 is 27.8 Å². The van der Waals surface area contributed by atoms with Gasteiger partial charge >= 0.3 is 12.1 Å². The topological polar surface area (TPSA) is 58.6 Å². The predicted molar refractivity (Wildman–Crippen MR) is 86.1 cm³/mol. The molecule has 0 aromatic heterocycles. The number of hydrogen-bond donors (Lipinski definition) is 2. The monoisotopic (exact) mass is 353 g/mol. The van der Waals surface area contributed by atoms with E-state index in [9.17, 15) is 18.0 Å². The zero-order chi connectivity index (χ0) is 18.3. The minimum Gasteiger partial charge on any atom is -0.478 e. The van der Waals surface area contributed by atoms with Crippen LogP contribution in [0.5, 0.6) is 0 Å². The van der Waals surface area contributed by atoms with Crippen LogP contribution in [0.2, 0.25) is 0 Å². The summed E-state index contributed by atoms with van der Waals surface area (Å²) in [6, 6.07) is 13.7. The molecule has 25 heavy (non-hydrogen) atoms. The second kappa shape index (κ2) is 8.64. The Bertz CT molecular complexity index is 699. The van der Waals surface area contributed by atoms with E-state index in [4.69, 9.17) is 5.11 Å². The van der Waals surface area contributed by atoms with E-state index in [0.717, 1.165) is 11.1 Å². The molecule has 0 radical (unpaired) electrons. The van der Waals surface area contributed by atoms with Gasteiger partial charge in [0.05, 0.1) is 12.2 Å². The van der Waals surface area contributed by atoms with Crippen molar-refractivity contribution in [1.29, 1.82) is 0 Å². The second-order valence-electron chi connectivity index (χ2n) is 5.53. The van der Waals surface area contributed by atoms with Gasteiger partial charge in [-0.1, -0.05) is 36.4 Å². The molecule has 0 aliphatic rings. The largest absolute Gasteiger partial charge is 0.478 e. The van der Waals surface area contributed by atoms with E-state index in [-0.39, 0.29) is 12.2 Å². The van der Waals surface area contributed by atoms with Crippen molar-refractivity contribution in [3.63, 3.8) is 0 Å². The minimum atomic E-state index is -4.32. The quantitative estimate of drug-likeness (QED) is 0.759. The summed E-state index contributed by atoms with van der Waals surface area (Å²) in [7, 11) is 0. The van der Waals surface area contributed by atoms with Crippen LogP contribution in [0.4, 0.5) is 13.2 Å². The highest BCUT2D eigenvalue weighted by molar-refractivity contribution is 5.87. The van der Waals surface area contributed by atoms with Crippen LogP contribution < -0.4 is 5.32 Å². The molecule has 2 rings (SSSR count). The Morgan fingerprint density at radius 2 is 1.64 bits per heavy atom. The highest BCUT2D eigenvalue weighted by Crippen LogP contribution is 2.16. The number of carboxylic acid groups (broad SMARTS) is 1. The van der Waals surface area contributed by atoms with E-state index in [0.29, 0.717) is 18.7 Å². The van der Waals surface area contributed by atoms with Gasteiger partial charge in [0.2, 0.25) is 0 Å². The fraction of sp³-hybridized carbons (Fsp3) is 0.278. The van der Waals surface area contributed by atoms with Gasteiger partial charge in [0, 0.05) is 13.1 Å². The van der Waals surface area contributed by atoms with Gasteiger partial charge in [-0.25, -0.2) is 4.79 Å². The Hall–Kier alpha value is -2.38. The summed E-state index contributed by atoms with van der Waals surface area (Å²) in [6.07, 6.45) is -4.32. The lowest BCUT2D eigenvalue weighted by Crippen LogP contribution is -2.17. The van der Waals surface area contributed by atoms with Gasteiger partial charge < -0.3 is 15.2 Å². The van der Waals surface area contributed by atoms with Gasteiger partial charge in [-0.05, 0) is 28.8 Å². The Morgan fingerprint density at radius 1 is 1.00 bits per heavy atom. The fourth-order valence-corrected chi connectivity index (χ4v) is 2.23. The molecule has 0 heterocycles. The third kappa shape index (κ3) is 6.94. The molecule has 0 saturated carbocycles. The number of benzene rings is 2. The van der Waals surface area contributed by atoms with Gasteiger partial charge in [-0.2, -0.15) is 13.2 Å². The summed E-state index contributed by atoms with van der Waals surface area (Å²) >= 11 is 0. The summed E-state index contributed by atoms with van der Waals surface area (Å²) in [5.41, 5.74) is 2.77. The standard InChI is InChI=1S/C18H18F3NO3/c19-18(20,21)12-25-11-15-3-1-2-14(8-15)10-22-9-13-4-6-16(7-5-13)17(23)24/h1-8,22H,9-12H2,(H,23,24). The maximum atomic E-state index is 12.1. The van der Waals surface area contributed by atoms with Crippen LogP contribution in [0.1, 0.15) is 27.0 Å². The molecule has 2 N–H and O–H groups in total. The van der Waals surface area contributed by atoms with Crippen LogP contribution in [-0.4, -0.2) is 23.9 Å². The number of carboxylic acids is 1. The van der Waals surface area contributed by atoms with E-state index in [1.165, 1.54) is 12.1 Å². The molecule has 0 spiro atoms. The Balaban J connectivity index is 1.80. The summed E-state index contributed by atoms with van der Waals surface area (Å²) in [6.45, 7) is -0.270. The number of alkyl halides is 3. The predicted octanol–water partition coefficient (Wildman–Crippen LogP) is 3.75. The number of aromatic carboxylic acids is 1. The number of rotatable bonds is 8. The van der Waals surface area contributed by atoms with E-state index in [2.05, 4.69) is 10.1 Å². The van der Waals surface area contributed by atoms with Gasteiger partial charge in [0.25, 0.3) is 0 Å².